The van der Waals surface area contributed by atoms with E-state index >= 15 is 0 Å². The molecule has 0 aliphatic rings. The number of aromatic nitrogens is 3. The minimum atomic E-state index is -0.592. The van der Waals surface area contributed by atoms with E-state index in [0.29, 0.717) is 22.4 Å². The highest BCUT2D eigenvalue weighted by Crippen LogP contribution is 2.27. The van der Waals surface area contributed by atoms with Crippen molar-refractivity contribution in [3.05, 3.63) is 63.3 Å². The van der Waals surface area contributed by atoms with Gasteiger partial charge in [0.1, 0.15) is 5.75 Å². The summed E-state index contributed by atoms with van der Waals surface area (Å²) in [5, 5.41) is 11.1. The molecule has 0 aliphatic carbocycles. The highest BCUT2D eigenvalue weighted by molar-refractivity contribution is 5.84. The maximum absolute atomic E-state index is 11.4. The number of rotatable bonds is 3. The lowest BCUT2D eigenvalue weighted by Crippen LogP contribution is -2.03. The summed E-state index contributed by atoms with van der Waals surface area (Å²) in [6.45, 7) is 0. The van der Waals surface area contributed by atoms with Crippen LogP contribution in [0.5, 0.6) is 11.5 Å². The Morgan fingerprint density at radius 3 is 2.81 bits per heavy atom. The number of hydrogen-bond donors (Lipinski definition) is 1. The van der Waals surface area contributed by atoms with Gasteiger partial charge in [-0.15, -0.1) is 0 Å². The van der Waals surface area contributed by atoms with Crippen molar-refractivity contribution in [3.63, 3.8) is 0 Å². The standard InChI is InChI=1S/C13H8N4O4/c18-13-5-9-10(7-16-13)14-4-3-11(9)21-8-1-2-12(15-6-8)17(19)20/h1-7H,(H,16,18). The Hall–Kier alpha value is -3.29. The molecule has 3 rings (SSSR count). The Balaban J connectivity index is 1.99. The van der Waals surface area contributed by atoms with E-state index in [9.17, 15) is 14.9 Å². The third-order valence-corrected chi connectivity index (χ3v) is 2.74. The van der Waals surface area contributed by atoms with Gasteiger partial charge in [0, 0.05) is 29.9 Å². The second-order valence-corrected chi connectivity index (χ2v) is 4.12. The van der Waals surface area contributed by atoms with Crippen LogP contribution < -0.4 is 10.3 Å². The number of hydrogen-bond acceptors (Lipinski definition) is 6. The van der Waals surface area contributed by atoms with Crippen LogP contribution in [0.1, 0.15) is 0 Å². The zero-order chi connectivity index (χ0) is 14.8. The van der Waals surface area contributed by atoms with E-state index in [0.717, 1.165) is 0 Å². The molecule has 0 fully saturated rings. The molecule has 8 heteroatoms. The van der Waals surface area contributed by atoms with Gasteiger partial charge in [0.25, 0.3) is 0 Å². The van der Waals surface area contributed by atoms with Crippen LogP contribution in [-0.2, 0) is 0 Å². The summed E-state index contributed by atoms with van der Waals surface area (Å²) < 4.78 is 5.60. The number of nitro groups is 1. The Morgan fingerprint density at radius 2 is 2.10 bits per heavy atom. The van der Waals surface area contributed by atoms with Crippen molar-refractivity contribution in [2.24, 2.45) is 0 Å². The molecule has 0 aromatic carbocycles. The molecule has 0 aliphatic heterocycles. The maximum atomic E-state index is 11.4. The van der Waals surface area contributed by atoms with E-state index < -0.39 is 4.92 Å². The predicted octanol–water partition coefficient (Wildman–Crippen LogP) is 2.02. The summed E-state index contributed by atoms with van der Waals surface area (Å²) in [6.07, 6.45) is 4.27. The molecule has 1 N–H and O–H groups in total. The SMILES string of the molecule is O=c1cc2c(Oc3ccc([N+](=O)[O-])nc3)ccnc2c[nH]1. The van der Waals surface area contributed by atoms with Gasteiger partial charge in [-0.05, 0) is 22.0 Å². The average molecular weight is 284 g/mol. The molecule has 3 aromatic heterocycles. The molecule has 3 aromatic rings. The van der Waals surface area contributed by atoms with Gasteiger partial charge in [-0.2, -0.15) is 0 Å². The molecule has 0 amide bonds. The first-order valence-electron chi connectivity index (χ1n) is 5.89. The fraction of sp³-hybridized carbons (Fsp3) is 0. The molecule has 104 valence electrons. The smallest absolute Gasteiger partial charge is 0.363 e. The average Bonchev–Trinajstić information content (AvgIpc) is 2.48. The molecule has 0 radical (unpaired) electrons. The van der Waals surface area contributed by atoms with E-state index in [2.05, 4.69) is 15.0 Å². The lowest BCUT2D eigenvalue weighted by atomic mass is 10.2. The molecular weight excluding hydrogens is 276 g/mol. The summed E-state index contributed by atoms with van der Waals surface area (Å²) in [4.78, 5) is 31.6. The zero-order valence-electron chi connectivity index (χ0n) is 10.5. The molecule has 0 spiro atoms. The van der Waals surface area contributed by atoms with Gasteiger partial charge < -0.3 is 19.8 Å². The van der Waals surface area contributed by atoms with E-state index in [1.165, 1.54) is 36.8 Å². The minimum Gasteiger partial charge on any atom is -0.453 e. The van der Waals surface area contributed by atoms with Gasteiger partial charge in [-0.1, -0.05) is 0 Å². The molecule has 0 unspecified atom stereocenters. The van der Waals surface area contributed by atoms with Crippen molar-refractivity contribution in [1.82, 2.24) is 15.0 Å². The van der Waals surface area contributed by atoms with Crippen LogP contribution in [0.15, 0.2) is 47.7 Å². The predicted molar refractivity (Wildman–Crippen MR) is 73.3 cm³/mol. The van der Waals surface area contributed by atoms with Crippen LogP contribution in [0.2, 0.25) is 0 Å². The monoisotopic (exact) mass is 284 g/mol. The van der Waals surface area contributed by atoms with Crippen LogP contribution in [0.4, 0.5) is 5.82 Å². The van der Waals surface area contributed by atoms with Gasteiger partial charge in [-0.25, -0.2) is 0 Å². The third-order valence-electron chi connectivity index (χ3n) is 2.74. The molecule has 0 atom stereocenters. The van der Waals surface area contributed by atoms with Crippen molar-refractivity contribution in [2.75, 3.05) is 0 Å². The van der Waals surface area contributed by atoms with Gasteiger partial charge in [0.05, 0.1) is 5.52 Å². The van der Waals surface area contributed by atoms with Crippen LogP contribution >= 0.6 is 0 Å². The third kappa shape index (κ3) is 2.54. The number of nitrogens with one attached hydrogen (secondary N) is 1. The Morgan fingerprint density at radius 1 is 1.24 bits per heavy atom. The van der Waals surface area contributed by atoms with E-state index in [-0.39, 0.29) is 11.4 Å². The van der Waals surface area contributed by atoms with Crippen molar-refractivity contribution in [1.29, 1.82) is 0 Å². The number of ether oxygens (including phenoxy) is 1. The zero-order valence-corrected chi connectivity index (χ0v) is 10.5. The van der Waals surface area contributed by atoms with Crippen molar-refractivity contribution in [3.8, 4) is 11.5 Å². The maximum Gasteiger partial charge on any atom is 0.363 e. The highest BCUT2D eigenvalue weighted by Gasteiger charge is 2.09. The van der Waals surface area contributed by atoms with Gasteiger partial charge in [0.15, 0.2) is 11.9 Å². The quantitative estimate of drug-likeness (QED) is 0.581. The van der Waals surface area contributed by atoms with Crippen molar-refractivity contribution >= 4 is 16.7 Å². The normalized spacial score (nSPS) is 10.5. The fourth-order valence-electron chi connectivity index (χ4n) is 1.80. The fourth-order valence-corrected chi connectivity index (χ4v) is 1.80. The summed E-state index contributed by atoms with van der Waals surface area (Å²) in [7, 11) is 0. The number of nitrogens with zero attached hydrogens (tertiary/aromatic N) is 3. The number of aromatic amines is 1. The Kier molecular flexibility index (Phi) is 3.03. The molecule has 0 bridgehead atoms. The Labute approximate surface area is 117 Å². The van der Waals surface area contributed by atoms with Gasteiger partial charge >= 0.3 is 5.82 Å². The summed E-state index contributed by atoms with van der Waals surface area (Å²) >= 11 is 0. The molecule has 21 heavy (non-hydrogen) atoms. The van der Waals surface area contributed by atoms with Crippen LogP contribution in [0.25, 0.3) is 10.9 Å². The minimum absolute atomic E-state index is 0.265. The summed E-state index contributed by atoms with van der Waals surface area (Å²) in [6, 6.07) is 5.65. The first kappa shape index (κ1) is 12.7. The molecule has 0 saturated carbocycles. The van der Waals surface area contributed by atoms with Gasteiger partial charge in [-0.3, -0.25) is 9.78 Å². The van der Waals surface area contributed by atoms with Crippen molar-refractivity contribution in [2.45, 2.75) is 0 Å². The highest BCUT2D eigenvalue weighted by atomic mass is 16.6. The topological polar surface area (TPSA) is 111 Å². The van der Waals surface area contributed by atoms with Crippen LogP contribution in [0, 0.1) is 10.1 Å². The lowest BCUT2D eigenvalue weighted by Gasteiger charge is -2.06. The van der Waals surface area contributed by atoms with Crippen molar-refractivity contribution < 1.29 is 9.66 Å². The summed E-state index contributed by atoms with van der Waals surface area (Å²) in [5.41, 5.74) is 0.296. The molecule has 8 nitrogen and oxygen atoms in total. The van der Waals surface area contributed by atoms with Crippen LogP contribution in [0.3, 0.4) is 0 Å². The largest absolute Gasteiger partial charge is 0.453 e. The van der Waals surface area contributed by atoms with Crippen LogP contribution in [-0.4, -0.2) is 19.9 Å². The molecular formula is C13H8N4O4. The molecule has 3 heterocycles. The number of pyridine rings is 3. The van der Waals surface area contributed by atoms with E-state index in [4.69, 9.17) is 4.74 Å². The van der Waals surface area contributed by atoms with E-state index in [1.54, 1.807) is 6.07 Å². The number of H-pyrrole nitrogens is 1. The Bertz CT molecular complexity index is 873. The van der Waals surface area contributed by atoms with E-state index in [1.807, 2.05) is 0 Å². The first-order chi connectivity index (χ1) is 10.1. The number of fused-ring (bicyclic) bond motifs is 1. The second kappa shape index (κ2) is 5.00. The molecule has 0 saturated heterocycles. The summed E-state index contributed by atoms with van der Waals surface area (Å²) in [5.74, 6) is 0.480. The first-order valence-corrected chi connectivity index (χ1v) is 5.89. The second-order valence-electron chi connectivity index (χ2n) is 4.12. The van der Waals surface area contributed by atoms with Gasteiger partial charge in [0.2, 0.25) is 5.56 Å². The lowest BCUT2D eigenvalue weighted by molar-refractivity contribution is -0.389.